The standard InChI is InChI=1S/C18H22O5S2/c1-13-12-14(18(2,3)4)6-11-17(13)23-25(21,22)16-9-7-15(8-10-16)24(5,19)20/h6-12H,1-5H3. The molecule has 0 radical (unpaired) electrons. The summed E-state index contributed by atoms with van der Waals surface area (Å²) in [4.78, 5) is -0.0450. The van der Waals surface area contributed by atoms with E-state index in [4.69, 9.17) is 4.18 Å². The third kappa shape index (κ3) is 4.61. The van der Waals surface area contributed by atoms with Crippen LogP contribution in [0.3, 0.4) is 0 Å². The molecular formula is C18H22O5S2. The number of rotatable bonds is 4. The van der Waals surface area contributed by atoms with Crippen LogP contribution in [0, 0.1) is 6.92 Å². The molecule has 0 aromatic heterocycles. The van der Waals surface area contributed by atoms with Crippen molar-refractivity contribution in [3.05, 3.63) is 53.6 Å². The highest BCUT2D eigenvalue weighted by atomic mass is 32.2. The maximum atomic E-state index is 12.4. The summed E-state index contributed by atoms with van der Waals surface area (Å²) in [6.45, 7) is 8.00. The maximum absolute atomic E-state index is 12.4. The lowest BCUT2D eigenvalue weighted by molar-refractivity contribution is 0.483. The molecule has 2 aromatic carbocycles. The van der Waals surface area contributed by atoms with Gasteiger partial charge in [-0.25, -0.2) is 8.42 Å². The van der Waals surface area contributed by atoms with Gasteiger partial charge < -0.3 is 4.18 Å². The van der Waals surface area contributed by atoms with Crippen molar-refractivity contribution in [1.82, 2.24) is 0 Å². The Morgan fingerprint density at radius 1 is 0.840 bits per heavy atom. The van der Waals surface area contributed by atoms with Crippen LogP contribution in [0.15, 0.2) is 52.3 Å². The minimum Gasteiger partial charge on any atom is -0.379 e. The van der Waals surface area contributed by atoms with Gasteiger partial charge in [0.2, 0.25) is 0 Å². The highest BCUT2D eigenvalue weighted by molar-refractivity contribution is 7.90. The minimum absolute atomic E-state index is 0.0519. The average molecular weight is 383 g/mol. The maximum Gasteiger partial charge on any atom is 0.339 e. The van der Waals surface area contributed by atoms with Crippen LogP contribution in [0.25, 0.3) is 0 Å². The monoisotopic (exact) mass is 382 g/mol. The third-order valence-electron chi connectivity index (χ3n) is 3.78. The highest BCUT2D eigenvalue weighted by Gasteiger charge is 2.20. The van der Waals surface area contributed by atoms with Gasteiger partial charge in [-0.1, -0.05) is 32.9 Å². The van der Waals surface area contributed by atoms with Gasteiger partial charge in [-0.2, -0.15) is 8.42 Å². The third-order valence-corrected chi connectivity index (χ3v) is 6.16. The van der Waals surface area contributed by atoms with E-state index >= 15 is 0 Å². The molecule has 0 heterocycles. The largest absolute Gasteiger partial charge is 0.379 e. The Kier molecular flexibility index (Phi) is 5.03. The molecule has 2 rings (SSSR count). The Morgan fingerprint density at radius 2 is 1.36 bits per heavy atom. The number of benzene rings is 2. The van der Waals surface area contributed by atoms with Crippen LogP contribution in [-0.4, -0.2) is 23.1 Å². The first-order valence-electron chi connectivity index (χ1n) is 7.66. The SMILES string of the molecule is Cc1cc(C(C)(C)C)ccc1OS(=O)(=O)c1ccc(S(C)(=O)=O)cc1. The molecule has 0 aliphatic carbocycles. The van der Waals surface area contributed by atoms with E-state index in [9.17, 15) is 16.8 Å². The predicted octanol–water partition coefficient (Wildman–Crippen LogP) is 3.46. The Balaban J connectivity index is 2.33. The van der Waals surface area contributed by atoms with Gasteiger partial charge in [-0.05, 0) is 53.8 Å². The minimum atomic E-state index is -4.04. The average Bonchev–Trinajstić information content (AvgIpc) is 2.47. The van der Waals surface area contributed by atoms with Gasteiger partial charge in [0, 0.05) is 6.26 Å². The van der Waals surface area contributed by atoms with E-state index in [1.807, 2.05) is 12.1 Å². The molecule has 0 fully saturated rings. The van der Waals surface area contributed by atoms with Crippen molar-refractivity contribution < 1.29 is 21.0 Å². The molecule has 0 spiro atoms. The summed E-state index contributed by atoms with van der Waals surface area (Å²) >= 11 is 0. The molecule has 2 aromatic rings. The van der Waals surface area contributed by atoms with E-state index < -0.39 is 20.0 Å². The quantitative estimate of drug-likeness (QED) is 0.757. The van der Waals surface area contributed by atoms with Crippen molar-refractivity contribution in [3.8, 4) is 5.75 Å². The van der Waals surface area contributed by atoms with Crippen molar-refractivity contribution in [3.63, 3.8) is 0 Å². The molecule has 25 heavy (non-hydrogen) atoms. The second kappa shape index (κ2) is 6.46. The van der Waals surface area contributed by atoms with Gasteiger partial charge in [0.1, 0.15) is 10.6 Å². The lowest BCUT2D eigenvalue weighted by Crippen LogP contribution is -2.13. The van der Waals surface area contributed by atoms with Crippen LogP contribution in [0.2, 0.25) is 0 Å². The fourth-order valence-electron chi connectivity index (χ4n) is 2.23. The van der Waals surface area contributed by atoms with Crippen molar-refractivity contribution >= 4 is 20.0 Å². The molecule has 0 saturated carbocycles. The summed E-state index contributed by atoms with van der Waals surface area (Å²) in [6, 6.07) is 10.3. The summed E-state index contributed by atoms with van der Waals surface area (Å²) in [5, 5.41) is 0. The first-order chi connectivity index (χ1) is 11.3. The van der Waals surface area contributed by atoms with E-state index in [1.165, 1.54) is 24.3 Å². The predicted molar refractivity (Wildman–Crippen MR) is 97.2 cm³/mol. The molecule has 0 unspecified atom stereocenters. The number of aryl methyl sites for hydroxylation is 1. The second-order valence-corrected chi connectivity index (χ2v) is 10.6. The van der Waals surface area contributed by atoms with E-state index in [0.717, 1.165) is 11.8 Å². The summed E-state index contributed by atoms with van der Waals surface area (Å²) in [6.07, 6.45) is 1.06. The van der Waals surface area contributed by atoms with Crippen LogP contribution in [0.1, 0.15) is 31.9 Å². The molecule has 0 aliphatic heterocycles. The van der Waals surface area contributed by atoms with Crippen molar-refractivity contribution in [1.29, 1.82) is 0 Å². The first kappa shape index (κ1) is 19.5. The van der Waals surface area contributed by atoms with E-state index in [-0.39, 0.29) is 21.0 Å². The normalized spacial score (nSPS) is 12.8. The molecule has 0 amide bonds. The number of hydrogen-bond donors (Lipinski definition) is 0. The molecule has 7 heteroatoms. The zero-order chi connectivity index (χ0) is 19.0. The lowest BCUT2D eigenvalue weighted by atomic mass is 9.86. The van der Waals surface area contributed by atoms with Crippen LogP contribution < -0.4 is 4.18 Å². The number of hydrogen-bond acceptors (Lipinski definition) is 5. The van der Waals surface area contributed by atoms with Crippen molar-refractivity contribution in [2.45, 2.75) is 42.9 Å². The fraction of sp³-hybridized carbons (Fsp3) is 0.333. The second-order valence-electron chi connectivity index (χ2n) is 7.01. The first-order valence-corrected chi connectivity index (χ1v) is 11.0. The highest BCUT2D eigenvalue weighted by Crippen LogP contribution is 2.29. The van der Waals surface area contributed by atoms with Crippen LogP contribution in [0.5, 0.6) is 5.75 Å². The van der Waals surface area contributed by atoms with E-state index in [1.54, 1.807) is 13.0 Å². The van der Waals surface area contributed by atoms with E-state index in [0.29, 0.717) is 5.56 Å². The lowest BCUT2D eigenvalue weighted by Gasteiger charge is -2.20. The van der Waals surface area contributed by atoms with Gasteiger partial charge in [-0.3, -0.25) is 0 Å². The van der Waals surface area contributed by atoms with Gasteiger partial charge >= 0.3 is 10.1 Å². The molecule has 0 saturated heterocycles. The van der Waals surface area contributed by atoms with Crippen LogP contribution >= 0.6 is 0 Å². The summed E-state index contributed by atoms with van der Waals surface area (Å²) in [7, 11) is -7.43. The zero-order valence-corrected chi connectivity index (χ0v) is 16.5. The molecular weight excluding hydrogens is 360 g/mol. The Morgan fingerprint density at radius 3 is 1.80 bits per heavy atom. The molecule has 136 valence electrons. The van der Waals surface area contributed by atoms with Crippen molar-refractivity contribution in [2.24, 2.45) is 0 Å². The summed E-state index contributed by atoms with van der Waals surface area (Å²) in [5.41, 5.74) is 1.74. The van der Waals surface area contributed by atoms with Gasteiger partial charge in [0.25, 0.3) is 0 Å². The van der Waals surface area contributed by atoms with E-state index in [2.05, 4.69) is 20.8 Å². The molecule has 0 aliphatic rings. The summed E-state index contributed by atoms with van der Waals surface area (Å²) < 4.78 is 53.0. The Bertz CT molecular complexity index is 981. The van der Waals surface area contributed by atoms with Crippen molar-refractivity contribution in [2.75, 3.05) is 6.26 Å². The topological polar surface area (TPSA) is 77.5 Å². The van der Waals surface area contributed by atoms with Gasteiger partial charge in [0.15, 0.2) is 9.84 Å². The fourth-order valence-corrected chi connectivity index (χ4v) is 3.85. The zero-order valence-electron chi connectivity index (χ0n) is 14.9. The Hall–Kier alpha value is -1.86. The van der Waals surface area contributed by atoms with Gasteiger partial charge in [-0.15, -0.1) is 0 Å². The molecule has 0 N–H and O–H groups in total. The molecule has 0 atom stereocenters. The summed E-state index contributed by atoms with van der Waals surface area (Å²) in [5.74, 6) is 0.250. The van der Waals surface area contributed by atoms with Crippen LogP contribution in [-0.2, 0) is 25.4 Å². The smallest absolute Gasteiger partial charge is 0.339 e. The Labute approximate surface area is 149 Å². The molecule has 0 bridgehead atoms. The van der Waals surface area contributed by atoms with Gasteiger partial charge in [0.05, 0.1) is 4.90 Å². The molecule has 5 nitrogen and oxygen atoms in total. The number of sulfone groups is 1. The van der Waals surface area contributed by atoms with Crippen LogP contribution in [0.4, 0.5) is 0 Å².